The first kappa shape index (κ1) is 18.5. The number of hydrogen-bond acceptors (Lipinski definition) is 6. The van der Waals surface area contributed by atoms with Gasteiger partial charge in [-0.25, -0.2) is 4.67 Å². The van der Waals surface area contributed by atoms with Gasteiger partial charge in [-0.05, 0) is 21.0 Å². The zero-order chi connectivity index (χ0) is 15.8. The highest BCUT2D eigenvalue weighted by Crippen LogP contribution is 2.82. The first-order valence-corrected chi connectivity index (χ1v) is 10.9. The summed E-state index contributed by atoms with van der Waals surface area (Å²) in [5.74, 6) is 0. The van der Waals surface area contributed by atoms with Gasteiger partial charge in [0.2, 0.25) is 0 Å². The SMILES string of the molecule is CCOP1(F)=NP(F)(F)=NP(F)(F)=NP(F)(N(C)C)=N1. The van der Waals surface area contributed by atoms with E-state index in [0.717, 1.165) is 14.1 Å². The molecule has 16 heteroatoms. The Hall–Kier alpha value is 0.420. The lowest BCUT2D eigenvalue weighted by atomic mass is 10.9. The van der Waals surface area contributed by atoms with Crippen LogP contribution >= 0.6 is 31.1 Å². The molecular formula is C4H11F6N5OP4. The summed E-state index contributed by atoms with van der Waals surface area (Å²) in [7, 11) is -20.1. The molecule has 0 spiro atoms. The maximum atomic E-state index is 14.3. The molecule has 0 fully saturated rings. The third-order valence-electron chi connectivity index (χ3n) is 1.68. The Labute approximate surface area is 112 Å². The van der Waals surface area contributed by atoms with Gasteiger partial charge in [-0.2, -0.15) is 8.39 Å². The number of nitrogens with zero attached hydrogens (tertiary/aromatic N) is 5. The fourth-order valence-corrected chi connectivity index (χ4v) is 9.19. The molecular weight excluding hydrogens is 372 g/mol. The van der Waals surface area contributed by atoms with E-state index < -0.39 is 37.7 Å². The van der Waals surface area contributed by atoms with E-state index in [1.165, 1.54) is 6.92 Å². The fraction of sp³-hybridized carbons (Fsp3) is 1.00. The highest BCUT2D eigenvalue weighted by Gasteiger charge is 2.40. The van der Waals surface area contributed by atoms with Crippen LogP contribution in [-0.2, 0) is 4.52 Å². The molecule has 1 aliphatic heterocycles. The van der Waals surface area contributed by atoms with Crippen molar-refractivity contribution < 1.29 is 29.7 Å². The summed E-state index contributed by atoms with van der Waals surface area (Å²) in [6.07, 6.45) is 0. The molecule has 0 aromatic rings. The Kier molecular flexibility index (Phi) is 5.45. The minimum absolute atomic E-state index is 0.434. The molecule has 2 atom stereocenters. The van der Waals surface area contributed by atoms with Gasteiger partial charge in [0, 0.05) is 0 Å². The highest BCUT2D eigenvalue weighted by atomic mass is 31.3. The topological polar surface area (TPSA) is 61.9 Å². The Balaban J connectivity index is 3.75. The second-order valence-electron chi connectivity index (χ2n) is 3.50. The molecule has 0 aromatic heterocycles. The summed E-state index contributed by atoms with van der Waals surface area (Å²) in [5.41, 5.74) is 0. The Morgan fingerprint density at radius 1 is 0.850 bits per heavy atom. The first-order valence-electron chi connectivity index (χ1n) is 4.89. The van der Waals surface area contributed by atoms with Crippen molar-refractivity contribution in [1.82, 2.24) is 4.67 Å². The van der Waals surface area contributed by atoms with E-state index in [4.69, 9.17) is 0 Å². The van der Waals surface area contributed by atoms with Gasteiger partial charge >= 0.3 is 31.1 Å². The van der Waals surface area contributed by atoms with Crippen LogP contribution in [0, 0.1) is 0 Å². The largest absolute Gasteiger partial charge is 0.425 e. The molecule has 2 unspecified atom stereocenters. The van der Waals surface area contributed by atoms with Crippen LogP contribution < -0.4 is 0 Å². The van der Waals surface area contributed by atoms with Crippen molar-refractivity contribution >= 4 is 31.1 Å². The lowest BCUT2D eigenvalue weighted by molar-refractivity contribution is 0.347. The maximum Gasteiger partial charge on any atom is 0.425 e. The summed E-state index contributed by atoms with van der Waals surface area (Å²) in [6.45, 7) is 0.807. The molecule has 0 saturated heterocycles. The van der Waals surface area contributed by atoms with Gasteiger partial charge in [0.1, 0.15) is 0 Å². The molecule has 0 aromatic carbocycles. The van der Waals surface area contributed by atoms with Crippen LogP contribution in [-0.4, -0.2) is 25.4 Å². The van der Waals surface area contributed by atoms with E-state index in [9.17, 15) is 25.2 Å². The monoisotopic (exact) mass is 383 g/mol. The lowest BCUT2D eigenvalue weighted by Crippen LogP contribution is -2.03. The first-order chi connectivity index (χ1) is 8.83. The van der Waals surface area contributed by atoms with Crippen molar-refractivity contribution in [2.24, 2.45) is 18.1 Å². The molecule has 0 bridgehead atoms. The van der Waals surface area contributed by atoms with Crippen molar-refractivity contribution in [3.8, 4) is 0 Å². The number of rotatable bonds is 3. The van der Waals surface area contributed by atoms with Crippen LogP contribution in [0.4, 0.5) is 25.2 Å². The van der Waals surface area contributed by atoms with E-state index in [1.807, 2.05) is 4.52 Å². The summed E-state index contributed by atoms with van der Waals surface area (Å²) >= 11 is 0. The van der Waals surface area contributed by atoms with Crippen molar-refractivity contribution in [3.05, 3.63) is 0 Å². The smallest absolute Gasteiger partial charge is 0.303 e. The second kappa shape index (κ2) is 5.90. The van der Waals surface area contributed by atoms with Crippen molar-refractivity contribution in [1.29, 1.82) is 0 Å². The normalized spacial score (nSPS) is 35.9. The van der Waals surface area contributed by atoms with Crippen LogP contribution in [0.3, 0.4) is 0 Å². The van der Waals surface area contributed by atoms with Crippen molar-refractivity contribution in [3.63, 3.8) is 0 Å². The van der Waals surface area contributed by atoms with Crippen LogP contribution in [0.25, 0.3) is 0 Å². The Morgan fingerprint density at radius 3 is 1.80 bits per heavy atom. The van der Waals surface area contributed by atoms with E-state index in [-0.39, 0.29) is 0 Å². The summed E-state index contributed by atoms with van der Waals surface area (Å²) in [5, 5.41) is 0. The molecule has 20 heavy (non-hydrogen) atoms. The predicted molar refractivity (Wildman–Crippen MR) is 69.4 cm³/mol. The standard InChI is InChI=1S/C4H11F6N5OP4/c1-4-16-20(10)13-18(7,8)11-17(5,6)12-19(9,14-20)15(2)3/h4H2,1-3H3. The molecule has 6 nitrogen and oxygen atoms in total. The maximum absolute atomic E-state index is 14.3. The molecule has 0 saturated carbocycles. The van der Waals surface area contributed by atoms with E-state index in [2.05, 4.69) is 18.1 Å². The van der Waals surface area contributed by atoms with Crippen LogP contribution in [0.15, 0.2) is 18.1 Å². The summed E-state index contributed by atoms with van der Waals surface area (Å²) < 4.78 is 95.5. The summed E-state index contributed by atoms with van der Waals surface area (Å²) in [6, 6.07) is 0. The average molecular weight is 383 g/mol. The Morgan fingerprint density at radius 2 is 1.35 bits per heavy atom. The van der Waals surface area contributed by atoms with Gasteiger partial charge in [-0.1, -0.05) is 0 Å². The van der Waals surface area contributed by atoms with Crippen molar-refractivity contribution in [2.75, 3.05) is 20.7 Å². The van der Waals surface area contributed by atoms with Gasteiger partial charge in [0.25, 0.3) is 0 Å². The fourth-order valence-electron chi connectivity index (χ4n) is 0.987. The second-order valence-corrected chi connectivity index (χ2v) is 11.2. The van der Waals surface area contributed by atoms with Crippen molar-refractivity contribution in [2.45, 2.75) is 6.92 Å². The minimum Gasteiger partial charge on any atom is -0.303 e. The van der Waals surface area contributed by atoms with E-state index >= 15 is 0 Å². The molecule has 1 rings (SSSR count). The molecule has 1 aliphatic rings. The lowest BCUT2D eigenvalue weighted by Gasteiger charge is -2.22. The van der Waals surface area contributed by atoms with Gasteiger partial charge < -0.3 is 4.52 Å². The van der Waals surface area contributed by atoms with Crippen LogP contribution in [0.1, 0.15) is 6.92 Å². The summed E-state index contributed by atoms with van der Waals surface area (Å²) in [4.78, 5) is 0. The predicted octanol–water partition coefficient (Wildman–Crippen LogP) is 7.20. The number of halogens is 6. The third-order valence-corrected chi connectivity index (χ3v) is 10.3. The van der Waals surface area contributed by atoms with Crippen LogP contribution in [0.5, 0.6) is 0 Å². The molecule has 120 valence electrons. The third kappa shape index (κ3) is 4.72. The average Bonchev–Trinajstić information content (AvgIpc) is 2.09. The quantitative estimate of drug-likeness (QED) is 0.382. The zero-order valence-electron chi connectivity index (χ0n) is 10.4. The van der Waals surface area contributed by atoms with Gasteiger partial charge in [0.05, 0.1) is 6.61 Å². The minimum atomic E-state index is -6.02. The van der Waals surface area contributed by atoms with E-state index in [0.29, 0.717) is 4.67 Å². The number of hydrogen-bond donors (Lipinski definition) is 0. The van der Waals surface area contributed by atoms with E-state index in [1.54, 1.807) is 0 Å². The molecule has 0 aliphatic carbocycles. The molecule has 1 heterocycles. The van der Waals surface area contributed by atoms with Gasteiger partial charge in [0.15, 0.2) is 0 Å². The highest BCUT2D eigenvalue weighted by molar-refractivity contribution is 7.78. The zero-order valence-corrected chi connectivity index (χ0v) is 14.0. The van der Waals surface area contributed by atoms with Gasteiger partial charge in [-0.3, -0.25) is 0 Å². The van der Waals surface area contributed by atoms with Gasteiger partial charge in [-0.15, -0.1) is 34.8 Å². The molecule has 0 radical (unpaired) electrons. The van der Waals surface area contributed by atoms with Crippen LogP contribution in [0.2, 0.25) is 0 Å². The molecule has 0 amide bonds. The Bertz CT molecular complexity index is 604. The molecule has 0 N–H and O–H groups in total.